The Hall–Kier alpha value is -1.28. The molecule has 0 aliphatic heterocycles. The monoisotopic (exact) mass is 200 g/mol. The van der Waals surface area contributed by atoms with Gasteiger partial charge in [-0.1, -0.05) is 18.2 Å². The molecule has 0 spiro atoms. The molecule has 0 radical (unpaired) electrons. The maximum atomic E-state index is 3.54. The minimum absolute atomic E-state index is 0.532. The van der Waals surface area contributed by atoms with Gasteiger partial charge < -0.3 is 10.3 Å². The van der Waals surface area contributed by atoms with Gasteiger partial charge >= 0.3 is 0 Å². The fourth-order valence-electron chi connectivity index (χ4n) is 2.73. The normalized spacial score (nSPS) is 20.5. The van der Waals surface area contributed by atoms with Gasteiger partial charge in [0.25, 0.3) is 0 Å². The van der Waals surface area contributed by atoms with Gasteiger partial charge in [0.15, 0.2) is 0 Å². The number of nitrogens with one attached hydrogen (secondary N) is 2. The highest BCUT2D eigenvalue weighted by molar-refractivity contribution is 5.85. The molecule has 0 fully saturated rings. The summed E-state index contributed by atoms with van der Waals surface area (Å²) in [5.74, 6) is 0. The third-order valence-electron chi connectivity index (χ3n) is 3.44. The predicted octanol–water partition coefficient (Wildman–Crippen LogP) is 2.76. The number of aromatic nitrogens is 1. The average molecular weight is 200 g/mol. The van der Waals surface area contributed by atoms with E-state index in [9.17, 15) is 0 Å². The summed E-state index contributed by atoms with van der Waals surface area (Å²) in [5, 5.41) is 4.81. The van der Waals surface area contributed by atoms with Crippen molar-refractivity contribution >= 4 is 10.9 Å². The lowest BCUT2D eigenvalue weighted by atomic mass is 9.91. The van der Waals surface area contributed by atoms with Crippen LogP contribution in [-0.2, 0) is 6.42 Å². The molecule has 1 aromatic carbocycles. The van der Waals surface area contributed by atoms with Gasteiger partial charge in [0, 0.05) is 22.6 Å². The summed E-state index contributed by atoms with van der Waals surface area (Å²) in [6, 6.07) is 9.14. The van der Waals surface area contributed by atoms with Crippen LogP contribution in [-0.4, -0.2) is 12.0 Å². The molecule has 15 heavy (non-hydrogen) atoms. The zero-order chi connectivity index (χ0) is 10.3. The number of aromatic amines is 1. The van der Waals surface area contributed by atoms with E-state index in [1.165, 1.54) is 41.4 Å². The summed E-state index contributed by atoms with van der Waals surface area (Å²) in [6.45, 7) is 0. The Labute approximate surface area is 89.7 Å². The van der Waals surface area contributed by atoms with Crippen LogP contribution in [0.5, 0.6) is 0 Å². The standard InChI is InChI=1S/C13H16N2/c1-14-11-7-4-8-12-13(11)9-5-2-3-6-10(9)15-12/h2-3,5-6,11,14-15H,4,7-8H2,1H3. The first-order chi connectivity index (χ1) is 7.40. The van der Waals surface area contributed by atoms with Crippen LogP contribution in [0.3, 0.4) is 0 Å². The van der Waals surface area contributed by atoms with Crippen LogP contribution in [0.2, 0.25) is 0 Å². The Kier molecular flexibility index (Phi) is 2.03. The number of fused-ring (bicyclic) bond motifs is 3. The van der Waals surface area contributed by atoms with Gasteiger partial charge in [0.2, 0.25) is 0 Å². The molecule has 0 amide bonds. The number of hydrogen-bond acceptors (Lipinski definition) is 1. The largest absolute Gasteiger partial charge is 0.358 e. The number of hydrogen-bond donors (Lipinski definition) is 2. The van der Waals surface area contributed by atoms with E-state index in [-0.39, 0.29) is 0 Å². The molecule has 1 heterocycles. The van der Waals surface area contributed by atoms with Gasteiger partial charge in [-0.15, -0.1) is 0 Å². The van der Waals surface area contributed by atoms with E-state index in [1.807, 2.05) is 0 Å². The summed E-state index contributed by atoms with van der Waals surface area (Å²) < 4.78 is 0. The van der Waals surface area contributed by atoms with Gasteiger partial charge in [-0.05, 0) is 37.9 Å². The van der Waals surface area contributed by atoms with Crippen LogP contribution < -0.4 is 5.32 Å². The Morgan fingerprint density at radius 2 is 2.20 bits per heavy atom. The Bertz CT molecular complexity index is 484. The van der Waals surface area contributed by atoms with E-state index in [1.54, 1.807) is 0 Å². The molecule has 0 bridgehead atoms. The zero-order valence-corrected chi connectivity index (χ0v) is 9.01. The van der Waals surface area contributed by atoms with Crippen molar-refractivity contribution in [3.8, 4) is 0 Å². The van der Waals surface area contributed by atoms with E-state index in [0.29, 0.717) is 6.04 Å². The highest BCUT2D eigenvalue weighted by Gasteiger charge is 2.22. The first-order valence-corrected chi connectivity index (χ1v) is 5.67. The molecule has 3 rings (SSSR count). The molecule has 0 saturated carbocycles. The van der Waals surface area contributed by atoms with Crippen LogP contribution in [0.15, 0.2) is 24.3 Å². The molecule has 2 heteroatoms. The zero-order valence-electron chi connectivity index (χ0n) is 9.01. The van der Waals surface area contributed by atoms with Crippen LogP contribution in [0.4, 0.5) is 0 Å². The number of aryl methyl sites for hydroxylation is 1. The maximum Gasteiger partial charge on any atom is 0.0459 e. The average Bonchev–Trinajstić information content (AvgIpc) is 2.67. The first kappa shape index (κ1) is 8.98. The second-order valence-corrected chi connectivity index (χ2v) is 4.30. The smallest absolute Gasteiger partial charge is 0.0459 e. The third kappa shape index (κ3) is 1.29. The van der Waals surface area contributed by atoms with Crippen LogP contribution in [0, 0.1) is 0 Å². The van der Waals surface area contributed by atoms with Crippen molar-refractivity contribution in [3.63, 3.8) is 0 Å². The highest BCUT2D eigenvalue weighted by Crippen LogP contribution is 2.35. The fourth-order valence-corrected chi connectivity index (χ4v) is 2.73. The van der Waals surface area contributed by atoms with Crippen molar-refractivity contribution in [3.05, 3.63) is 35.5 Å². The summed E-state index contributed by atoms with van der Waals surface area (Å²) in [6.07, 6.45) is 3.73. The van der Waals surface area contributed by atoms with Crippen LogP contribution >= 0.6 is 0 Å². The first-order valence-electron chi connectivity index (χ1n) is 5.67. The second kappa shape index (κ2) is 3.38. The van der Waals surface area contributed by atoms with Gasteiger partial charge in [-0.3, -0.25) is 0 Å². The maximum absolute atomic E-state index is 3.54. The third-order valence-corrected chi connectivity index (χ3v) is 3.44. The molecular weight excluding hydrogens is 184 g/mol. The SMILES string of the molecule is CNC1CCCc2[nH]c3ccccc3c21. The van der Waals surface area contributed by atoms with Crippen molar-refractivity contribution in [2.75, 3.05) is 7.05 Å². The number of benzene rings is 1. The van der Waals surface area contributed by atoms with E-state index in [2.05, 4.69) is 41.6 Å². The summed E-state index contributed by atoms with van der Waals surface area (Å²) in [4.78, 5) is 3.54. The van der Waals surface area contributed by atoms with Crippen molar-refractivity contribution in [1.82, 2.24) is 10.3 Å². The molecule has 1 aliphatic rings. The fraction of sp³-hybridized carbons (Fsp3) is 0.385. The molecule has 0 saturated heterocycles. The van der Waals surface area contributed by atoms with E-state index < -0.39 is 0 Å². The minimum Gasteiger partial charge on any atom is -0.358 e. The van der Waals surface area contributed by atoms with Gasteiger partial charge in [-0.2, -0.15) is 0 Å². The lowest BCUT2D eigenvalue weighted by Gasteiger charge is -2.22. The minimum atomic E-state index is 0.532. The van der Waals surface area contributed by atoms with Crippen LogP contribution in [0.25, 0.3) is 10.9 Å². The number of rotatable bonds is 1. The Balaban J connectivity index is 2.27. The van der Waals surface area contributed by atoms with E-state index in [4.69, 9.17) is 0 Å². The van der Waals surface area contributed by atoms with Gasteiger partial charge in [0.1, 0.15) is 0 Å². The van der Waals surface area contributed by atoms with E-state index in [0.717, 1.165) is 0 Å². The van der Waals surface area contributed by atoms with Crippen molar-refractivity contribution in [1.29, 1.82) is 0 Å². The molecular formula is C13H16N2. The second-order valence-electron chi connectivity index (χ2n) is 4.30. The lowest BCUT2D eigenvalue weighted by Crippen LogP contribution is -2.20. The molecule has 2 aromatic rings. The Morgan fingerprint density at radius 3 is 3.07 bits per heavy atom. The molecule has 2 N–H and O–H groups in total. The Morgan fingerprint density at radius 1 is 1.33 bits per heavy atom. The highest BCUT2D eigenvalue weighted by atomic mass is 14.9. The molecule has 78 valence electrons. The number of H-pyrrole nitrogens is 1. The summed E-state index contributed by atoms with van der Waals surface area (Å²) in [7, 11) is 2.06. The topological polar surface area (TPSA) is 27.8 Å². The number of para-hydroxylation sites is 1. The molecule has 1 aromatic heterocycles. The van der Waals surface area contributed by atoms with Gasteiger partial charge in [-0.25, -0.2) is 0 Å². The van der Waals surface area contributed by atoms with Crippen molar-refractivity contribution in [2.24, 2.45) is 0 Å². The lowest BCUT2D eigenvalue weighted by molar-refractivity contribution is 0.497. The molecule has 1 aliphatic carbocycles. The van der Waals surface area contributed by atoms with Crippen LogP contribution in [0.1, 0.15) is 30.1 Å². The van der Waals surface area contributed by atoms with Crippen molar-refractivity contribution < 1.29 is 0 Å². The molecule has 2 nitrogen and oxygen atoms in total. The van der Waals surface area contributed by atoms with E-state index >= 15 is 0 Å². The summed E-state index contributed by atoms with van der Waals surface area (Å²) in [5.41, 5.74) is 4.21. The summed E-state index contributed by atoms with van der Waals surface area (Å²) >= 11 is 0. The predicted molar refractivity (Wildman–Crippen MR) is 63.0 cm³/mol. The van der Waals surface area contributed by atoms with Gasteiger partial charge in [0.05, 0.1) is 0 Å². The quantitative estimate of drug-likeness (QED) is 0.728. The molecule has 1 unspecified atom stereocenters. The molecule has 1 atom stereocenters. The van der Waals surface area contributed by atoms with Crippen molar-refractivity contribution in [2.45, 2.75) is 25.3 Å².